The van der Waals surface area contributed by atoms with E-state index in [4.69, 9.17) is 0 Å². The molecule has 74 valence electrons. The molecule has 0 fully saturated rings. The summed E-state index contributed by atoms with van der Waals surface area (Å²) in [5.41, 5.74) is 1.06. The molecule has 0 radical (unpaired) electrons. The zero-order valence-electron chi connectivity index (χ0n) is 8.20. The van der Waals surface area contributed by atoms with Crippen LogP contribution in [0.25, 0.3) is 0 Å². The van der Waals surface area contributed by atoms with Crippen LogP contribution in [0.15, 0.2) is 18.5 Å². The van der Waals surface area contributed by atoms with E-state index in [1.807, 2.05) is 0 Å². The van der Waals surface area contributed by atoms with E-state index in [9.17, 15) is 9.59 Å². The van der Waals surface area contributed by atoms with E-state index in [0.29, 0.717) is 17.7 Å². The van der Waals surface area contributed by atoms with Crippen molar-refractivity contribution in [2.75, 3.05) is 5.32 Å². The number of anilines is 1. The van der Waals surface area contributed by atoms with E-state index in [1.54, 1.807) is 13.0 Å². The summed E-state index contributed by atoms with van der Waals surface area (Å²) in [6.45, 7) is 3.22. The molecule has 0 aliphatic heterocycles. The van der Waals surface area contributed by atoms with Crippen LogP contribution in [0, 0.1) is 0 Å². The quantitative estimate of drug-likeness (QED) is 0.740. The number of ketones is 1. The van der Waals surface area contributed by atoms with Gasteiger partial charge in [0.1, 0.15) is 0 Å². The van der Waals surface area contributed by atoms with E-state index in [2.05, 4.69) is 10.3 Å². The van der Waals surface area contributed by atoms with Gasteiger partial charge in [-0.25, -0.2) is 0 Å². The second-order valence-corrected chi connectivity index (χ2v) is 2.92. The van der Waals surface area contributed by atoms with Gasteiger partial charge in [0, 0.05) is 18.2 Å². The van der Waals surface area contributed by atoms with Crippen molar-refractivity contribution < 1.29 is 9.59 Å². The number of hydrogen-bond donors (Lipinski definition) is 1. The van der Waals surface area contributed by atoms with Gasteiger partial charge in [-0.2, -0.15) is 0 Å². The summed E-state index contributed by atoms with van der Waals surface area (Å²) < 4.78 is 0. The second-order valence-electron chi connectivity index (χ2n) is 2.92. The first-order valence-corrected chi connectivity index (χ1v) is 4.39. The molecule has 0 spiro atoms. The molecule has 0 atom stereocenters. The van der Waals surface area contributed by atoms with Crippen molar-refractivity contribution in [3.63, 3.8) is 0 Å². The summed E-state index contributed by atoms with van der Waals surface area (Å²) in [4.78, 5) is 25.9. The number of carbonyl (C=O) groups is 2. The van der Waals surface area contributed by atoms with Crippen LogP contribution in [0.2, 0.25) is 0 Å². The van der Waals surface area contributed by atoms with Gasteiger partial charge >= 0.3 is 0 Å². The molecule has 0 bridgehead atoms. The van der Waals surface area contributed by atoms with Gasteiger partial charge in [-0.3, -0.25) is 14.6 Å². The Labute approximate surface area is 82.3 Å². The number of carbonyl (C=O) groups excluding carboxylic acids is 2. The Balaban J connectivity index is 2.83. The third kappa shape index (κ3) is 2.65. The highest BCUT2D eigenvalue weighted by Gasteiger charge is 2.03. The molecule has 4 nitrogen and oxygen atoms in total. The van der Waals surface area contributed by atoms with E-state index >= 15 is 0 Å². The molecule has 4 heteroatoms. The highest BCUT2D eigenvalue weighted by molar-refractivity contribution is 5.96. The Morgan fingerprint density at radius 1 is 1.43 bits per heavy atom. The fraction of sp³-hybridized carbons (Fsp3) is 0.300. The minimum absolute atomic E-state index is 0.0647. The molecule has 0 aromatic carbocycles. The number of amides is 1. The zero-order chi connectivity index (χ0) is 10.6. The molecule has 0 saturated carbocycles. The minimum Gasteiger partial charge on any atom is -0.325 e. The maximum absolute atomic E-state index is 11.0. The molecule has 1 rings (SSSR count). The Kier molecular flexibility index (Phi) is 3.34. The summed E-state index contributed by atoms with van der Waals surface area (Å²) in [6.07, 6.45) is 3.40. The number of aromatic nitrogens is 1. The average Bonchev–Trinajstić information content (AvgIpc) is 2.18. The SMILES string of the molecule is CCC(=O)Nc1cncc(C(C)=O)c1. The molecule has 1 N–H and O–H groups in total. The maximum Gasteiger partial charge on any atom is 0.224 e. The van der Waals surface area contributed by atoms with Gasteiger partial charge in [-0.15, -0.1) is 0 Å². The lowest BCUT2D eigenvalue weighted by Gasteiger charge is -2.03. The lowest BCUT2D eigenvalue weighted by Crippen LogP contribution is -2.10. The lowest BCUT2D eigenvalue weighted by atomic mass is 10.2. The van der Waals surface area contributed by atoms with Crippen LogP contribution in [-0.4, -0.2) is 16.7 Å². The smallest absolute Gasteiger partial charge is 0.224 e. The number of hydrogen-bond acceptors (Lipinski definition) is 3. The van der Waals surface area contributed by atoms with E-state index in [1.165, 1.54) is 19.3 Å². The number of nitrogens with one attached hydrogen (secondary N) is 1. The van der Waals surface area contributed by atoms with Crippen LogP contribution < -0.4 is 5.32 Å². The van der Waals surface area contributed by atoms with Crippen LogP contribution in [0.4, 0.5) is 5.69 Å². The summed E-state index contributed by atoms with van der Waals surface area (Å²) >= 11 is 0. The Bertz CT molecular complexity index is 361. The molecule has 0 unspecified atom stereocenters. The summed E-state index contributed by atoms with van der Waals surface area (Å²) in [5, 5.41) is 2.63. The van der Waals surface area contributed by atoms with Crippen molar-refractivity contribution in [2.45, 2.75) is 20.3 Å². The van der Waals surface area contributed by atoms with Gasteiger partial charge in [0.15, 0.2) is 5.78 Å². The Morgan fingerprint density at radius 2 is 2.14 bits per heavy atom. The van der Waals surface area contributed by atoms with Gasteiger partial charge in [-0.1, -0.05) is 6.92 Å². The normalized spacial score (nSPS) is 9.57. The molecule has 0 saturated heterocycles. The third-order valence-electron chi connectivity index (χ3n) is 1.75. The predicted octanol–water partition coefficient (Wildman–Crippen LogP) is 1.63. The van der Waals surface area contributed by atoms with Crippen molar-refractivity contribution in [1.29, 1.82) is 0 Å². The van der Waals surface area contributed by atoms with Crippen molar-refractivity contribution in [2.24, 2.45) is 0 Å². The molecule has 1 heterocycles. The van der Waals surface area contributed by atoms with Gasteiger partial charge < -0.3 is 5.32 Å². The van der Waals surface area contributed by atoms with Crippen LogP contribution in [0.3, 0.4) is 0 Å². The van der Waals surface area contributed by atoms with Crippen LogP contribution >= 0.6 is 0 Å². The molecule has 1 amide bonds. The van der Waals surface area contributed by atoms with Gasteiger partial charge in [0.05, 0.1) is 11.9 Å². The lowest BCUT2D eigenvalue weighted by molar-refractivity contribution is -0.115. The number of Topliss-reactive ketones (excluding diaryl/α,β-unsaturated/α-hetero) is 1. The number of rotatable bonds is 3. The fourth-order valence-electron chi connectivity index (χ4n) is 0.950. The first-order valence-electron chi connectivity index (χ1n) is 4.39. The average molecular weight is 192 g/mol. The summed E-state index contributed by atoms with van der Waals surface area (Å²) in [5.74, 6) is -0.155. The molecule has 0 aliphatic rings. The van der Waals surface area contributed by atoms with Crippen LogP contribution in [0.5, 0.6) is 0 Å². The predicted molar refractivity (Wildman–Crippen MR) is 53.2 cm³/mol. The standard InChI is InChI=1S/C10H12N2O2/c1-3-10(14)12-9-4-8(7(2)13)5-11-6-9/h4-6H,3H2,1-2H3,(H,12,14). The minimum atomic E-state index is -0.0903. The van der Waals surface area contributed by atoms with E-state index < -0.39 is 0 Å². The van der Waals surface area contributed by atoms with Gasteiger partial charge in [-0.05, 0) is 13.0 Å². The molecule has 14 heavy (non-hydrogen) atoms. The van der Waals surface area contributed by atoms with Crippen molar-refractivity contribution in [3.8, 4) is 0 Å². The molecular weight excluding hydrogens is 180 g/mol. The Hall–Kier alpha value is -1.71. The van der Waals surface area contributed by atoms with Gasteiger partial charge in [0.25, 0.3) is 0 Å². The second kappa shape index (κ2) is 4.50. The highest BCUT2D eigenvalue weighted by Crippen LogP contribution is 2.08. The first kappa shape index (κ1) is 10.4. The summed E-state index contributed by atoms with van der Waals surface area (Å²) in [6, 6.07) is 1.61. The van der Waals surface area contributed by atoms with Crippen molar-refractivity contribution in [1.82, 2.24) is 4.98 Å². The molecule has 1 aromatic rings. The highest BCUT2D eigenvalue weighted by atomic mass is 16.1. The topological polar surface area (TPSA) is 59.1 Å². The first-order chi connectivity index (χ1) is 6.63. The van der Waals surface area contributed by atoms with Crippen LogP contribution in [-0.2, 0) is 4.79 Å². The largest absolute Gasteiger partial charge is 0.325 e. The summed E-state index contributed by atoms with van der Waals surface area (Å²) in [7, 11) is 0. The maximum atomic E-state index is 11.0. The number of nitrogens with zero attached hydrogens (tertiary/aromatic N) is 1. The van der Waals surface area contributed by atoms with E-state index in [0.717, 1.165) is 0 Å². The fourth-order valence-corrected chi connectivity index (χ4v) is 0.950. The van der Waals surface area contributed by atoms with Crippen LogP contribution in [0.1, 0.15) is 30.6 Å². The number of pyridine rings is 1. The third-order valence-corrected chi connectivity index (χ3v) is 1.75. The molecule has 0 aliphatic carbocycles. The van der Waals surface area contributed by atoms with Crippen molar-refractivity contribution in [3.05, 3.63) is 24.0 Å². The molecular formula is C10H12N2O2. The Morgan fingerprint density at radius 3 is 2.71 bits per heavy atom. The van der Waals surface area contributed by atoms with E-state index in [-0.39, 0.29) is 11.7 Å². The zero-order valence-corrected chi connectivity index (χ0v) is 8.20. The monoisotopic (exact) mass is 192 g/mol. The van der Waals surface area contributed by atoms with Gasteiger partial charge in [0.2, 0.25) is 5.91 Å². The van der Waals surface area contributed by atoms with Crippen molar-refractivity contribution >= 4 is 17.4 Å². The molecule has 1 aromatic heterocycles.